The van der Waals surface area contributed by atoms with Gasteiger partial charge in [0.15, 0.2) is 0 Å². The fraction of sp³-hybridized carbons (Fsp3) is 0.636. The first kappa shape index (κ1) is 16.0. The fourth-order valence-corrected chi connectivity index (χ4v) is 4.07. The highest BCUT2D eigenvalue weighted by atomic mass is 32.2. The van der Waals surface area contributed by atoms with E-state index in [0.29, 0.717) is 10.8 Å². The second-order valence-electron chi connectivity index (χ2n) is 3.84. The van der Waals surface area contributed by atoms with E-state index in [0.717, 1.165) is 30.8 Å². The first-order valence-corrected chi connectivity index (χ1v) is 9.62. The predicted molar refractivity (Wildman–Crippen MR) is 79.9 cm³/mol. The number of rotatable bonds is 9. The summed E-state index contributed by atoms with van der Waals surface area (Å²) in [6.45, 7) is 4.26. The van der Waals surface area contributed by atoms with Crippen molar-refractivity contribution in [1.82, 2.24) is 10.0 Å². The van der Waals surface area contributed by atoms with Gasteiger partial charge in [-0.2, -0.15) is 11.8 Å². The number of hydrogen-bond donors (Lipinski definition) is 2. The molecule has 2 N–H and O–H groups in total. The summed E-state index contributed by atoms with van der Waals surface area (Å²) in [6.07, 6.45) is 3.03. The highest BCUT2D eigenvalue weighted by Gasteiger charge is 2.15. The molecule has 0 spiro atoms. The largest absolute Gasteiger partial charge is 0.313 e. The molecule has 0 atom stereocenters. The van der Waals surface area contributed by atoms with Gasteiger partial charge in [0.25, 0.3) is 0 Å². The molecule has 1 heterocycles. The van der Waals surface area contributed by atoms with Crippen LogP contribution in [0.4, 0.5) is 0 Å². The molecular weight excluding hydrogens is 288 g/mol. The van der Waals surface area contributed by atoms with E-state index in [2.05, 4.69) is 17.0 Å². The third-order valence-corrected chi connectivity index (χ3v) is 5.81. The van der Waals surface area contributed by atoms with Gasteiger partial charge < -0.3 is 5.32 Å². The lowest BCUT2D eigenvalue weighted by Crippen LogP contribution is -2.25. The van der Waals surface area contributed by atoms with Crippen molar-refractivity contribution in [2.75, 3.05) is 25.1 Å². The number of sulfonamides is 1. The maximum absolute atomic E-state index is 11.9. The van der Waals surface area contributed by atoms with E-state index in [1.165, 1.54) is 11.3 Å². The lowest BCUT2D eigenvalue weighted by Gasteiger charge is -2.03. The van der Waals surface area contributed by atoms with Crippen LogP contribution >= 0.6 is 23.1 Å². The van der Waals surface area contributed by atoms with Crippen LogP contribution in [-0.2, 0) is 16.6 Å². The molecule has 18 heavy (non-hydrogen) atoms. The zero-order valence-corrected chi connectivity index (χ0v) is 13.2. The van der Waals surface area contributed by atoms with Crippen molar-refractivity contribution >= 4 is 33.1 Å². The molecule has 0 aliphatic carbocycles. The Morgan fingerprint density at radius 2 is 2.17 bits per heavy atom. The van der Waals surface area contributed by atoms with E-state index in [4.69, 9.17) is 0 Å². The number of thioether (sulfide) groups is 1. The summed E-state index contributed by atoms with van der Waals surface area (Å²) in [4.78, 5) is 0. The zero-order chi connectivity index (χ0) is 13.4. The Balaban J connectivity index is 2.55. The van der Waals surface area contributed by atoms with Crippen molar-refractivity contribution in [2.24, 2.45) is 0 Å². The molecule has 7 heteroatoms. The van der Waals surface area contributed by atoms with E-state index in [-0.39, 0.29) is 0 Å². The van der Waals surface area contributed by atoms with Gasteiger partial charge >= 0.3 is 0 Å². The maximum Gasteiger partial charge on any atom is 0.250 e. The molecule has 0 aromatic carbocycles. The molecule has 104 valence electrons. The summed E-state index contributed by atoms with van der Waals surface area (Å²) in [6, 6.07) is 1.74. The van der Waals surface area contributed by atoms with Crippen molar-refractivity contribution in [1.29, 1.82) is 0 Å². The molecule has 0 amide bonds. The molecule has 1 aromatic heterocycles. The van der Waals surface area contributed by atoms with Crippen molar-refractivity contribution in [3.8, 4) is 0 Å². The summed E-state index contributed by atoms with van der Waals surface area (Å²) >= 11 is 2.90. The summed E-state index contributed by atoms with van der Waals surface area (Å²) in [5, 5.41) is 5.15. The highest BCUT2D eigenvalue weighted by Crippen LogP contribution is 2.19. The van der Waals surface area contributed by atoms with Crippen molar-refractivity contribution in [3.63, 3.8) is 0 Å². The molecule has 0 unspecified atom stereocenters. The Labute approximate surface area is 118 Å². The Bertz CT molecular complexity index is 443. The predicted octanol–water partition coefficient (Wildman–Crippen LogP) is 1.89. The summed E-state index contributed by atoms with van der Waals surface area (Å²) in [7, 11) is -3.31. The van der Waals surface area contributed by atoms with Crippen molar-refractivity contribution in [2.45, 2.75) is 24.1 Å². The average Bonchev–Trinajstić information content (AvgIpc) is 2.79. The number of nitrogens with one attached hydrogen (secondary N) is 2. The van der Waals surface area contributed by atoms with Crippen LogP contribution in [0.15, 0.2) is 15.7 Å². The Kier molecular flexibility index (Phi) is 7.25. The lowest BCUT2D eigenvalue weighted by atomic mass is 10.3. The van der Waals surface area contributed by atoms with E-state index in [1.807, 2.05) is 11.6 Å². The van der Waals surface area contributed by atoms with Gasteiger partial charge in [0.2, 0.25) is 10.0 Å². The van der Waals surface area contributed by atoms with Gasteiger partial charge in [-0.3, -0.25) is 0 Å². The second kappa shape index (κ2) is 8.16. The third-order valence-electron chi connectivity index (χ3n) is 2.25. The molecule has 0 aliphatic heterocycles. The van der Waals surface area contributed by atoms with Gasteiger partial charge in [0, 0.05) is 18.8 Å². The molecule has 0 aliphatic rings. The molecule has 0 bridgehead atoms. The fourth-order valence-electron chi connectivity index (χ4n) is 1.35. The standard InChI is InChI=1S/C11H20N2O2S3/c1-3-4-12-8-10-7-11(17-9-10)18(14,15)13-5-6-16-2/h7,9,12-13H,3-6,8H2,1-2H3. The molecular formula is C11H20N2O2S3. The lowest BCUT2D eigenvalue weighted by molar-refractivity contribution is 0.586. The van der Waals surface area contributed by atoms with Crippen LogP contribution in [0.25, 0.3) is 0 Å². The van der Waals surface area contributed by atoms with Gasteiger partial charge in [-0.25, -0.2) is 13.1 Å². The average molecular weight is 308 g/mol. The SMILES string of the molecule is CCCNCc1csc(S(=O)(=O)NCCSC)c1. The molecule has 0 saturated carbocycles. The quantitative estimate of drug-likeness (QED) is 0.684. The van der Waals surface area contributed by atoms with Gasteiger partial charge in [-0.05, 0) is 36.2 Å². The van der Waals surface area contributed by atoms with Crippen LogP contribution in [0, 0.1) is 0 Å². The van der Waals surface area contributed by atoms with Crippen LogP contribution in [0.5, 0.6) is 0 Å². The first-order chi connectivity index (χ1) is 8.60. The van der Waals surface area contributed by atoms with Gasteiger partial charge in [-0.1, -0.05) is 6.92 Å². The molecule has 1 aromatic rings. The number of hydrogen-bond acceptors (Lipinski definition) is 5. The van der Waals surface area contributed by atoms with E-state index in [9.17, 15) is 8.42 Å². The smallest absolute Gasteiger partial charge is 0.250 e. The van der Waals surface area contributed by atoms with Crippen molar-refractivity contribution < 1.29 is 8.42 Å². The molecule has 0 saturated heterocycles. The first-order valence-electron chi connectivity index (χ1n) is 5.87. The zero-order valence-electron chi connectivity index (χ0n) is 10.7. The van der Waals surface area contributed by atoms with Crippen LogP contribution < -0.4 is 10.0 Å². The van der Waals surface area contributed by atoms with E-state index in [1.54, 1.807) is 17.8 Å². The topological polar surface area (TPSA) is 58.2 Å². The third kappa shape index (κ3) is 5.27. The molecule has 0 fully saturated rings. The van der Waals surface area contributed by atoms with Gasteiger partial charge in [0.1, 0.15) is 4.21 Å². The Morgan fingerprint density at radius 1 is 1.39 bits per heavy atom. The Hall–Kier alpha value is -0.0800. The van der Waals surface area contributed by atoms with Crippen LogP contribution in [0.3, 0.4) is 0 Å². The van der Waals surface area contributed by atoms with E-state index < -0.39 is 10.0 Å². The minimum Gasteiger partial charge on any atom is -0.313 e. The van der Waals surface area contributed by atoms with Crippen LogP contribution in [0.1, 0.15) is 18.9 Å². The Morgan fingerprint density at radius 3 is 2.83 bits per heavy atom. The van der Waals surface area contributed by atoms with Gasteiger partial charge in [-0.15, -0.1) is 11.3 Å². The van der Waals surface area contributed by atoms with Crippen LogP contribution in [0.2, 0.25) is 0 Å². The summed E-state index contributed by atoms with van der Waals surface area (Å²) < 4.78 is 26.8. The monoisotopic (exact) mass is 308 g/mol. The second-order valence-corrected chi connectivity index (χ2v) is 7.73. The molecule has 1 rings (SSSR count). The minimum absolute atomic E-state index is 0.400. The molecule has 0 radical (unpaired) electrons. The summed E-state index contributed by atoms with van der Waals surface area (Å²) in [5.41, 5.74) is 1.03. The molecule has 4 nitrogen and oxygen atoms in total. The van der Waals surface area contributed by atoms with Crippen LogP contribution in [-0.4, -0.2) is 33.5 Å². The highest BCUT2D eigenvalue weighted by molar-refractivity contribution is 7.98. The summed E-state index contributed by atoms with van der Waals surface area (Å²) in [5.74, 6) is 0.787. The van der Waals surface area contributed by atoms with E-state index >= 15 is 0 Å². The van der Waals surface area contributed by atoms with Crippen molar-refractivity contribution in [3.05, 3.63) is 17.0 Å². The van der Waals surface area contributed by atoms with Gasteiger partial charge in [0.05, 0.1) is 0 Å². The number of thiophene rings is 1. The maximum atomic E-state index is 11.9. The minimum atomic E-state index is -3.31. The normalized spacial score (nSPS) is 11.9.